The van der Waals surface area contributed by atoms with Gasteiger partial charge >= 0.3 is 0 Å². The summed E-state index contributed by atoms with van der Waals surface area (Å²) in [6.45, 7) is 7.11. The molecule has 164 valence electrons. The molecule has 2 fully saturated rings. The van der Waals surface area contributed by atoms with Crippen molar-refractivity contribution in [2.75, 3.05) is 51.3 Å². The van der Waals surface area contributed by atoms with Crippen molar-refractivity contribution >= 4 is 39.8 Å². The number of hydrogen-bond donors (Lipinski definition) is 2. The monoisotopic (exact) mass is 535 g/mol. The summed E-state index contributed by atoms with van der Waals surface area (Å²) in [6.07, 6.45) is 1.09. The molecule has 0 radical (unpaired) electrons. The van der Waals surface area contributed by atoms with Gasteiger partial charge in [0.1, 0.15) is 0 Å². The smallest absolute Gasteiger partial charge is 0.191 e. The van der Waals surface area contributed by atoms with Gasteiger partial charge in [-0.05, 0) is 18.9 Å². The van der Waals surface area contributed by atoms with E-state index in [9.17, 15) is 8.42 Å². The van der Waals surface area contributed by atoms with Crippen LogP contribution in [0.15, 0.2) is 35.3 Å². The zero-order valence-corrected chi connectivity index (χ0v) is 20.5. The second kappa shape index (κ2) is 11.5. The van der Waals surface area contributed by atoms with E-state index >= 15 is 0 Å². The van der Waals surface area contributed by atoms with Crippen LogP contribution in [0, 0.1) is 0 Å². The van der Waals surface area contributed by atoms with Crippen LogP contribution >= 0.6 is 24.0 Å². The minimum Gasteiger partial charge on any atom is -0.355 e. The van der Waals surface area contributed by atoms with E-state index in [-0.39, 0.29) is 35.5 Å². The van der Waals surface area contributed by atoms with Crippen LogP contribution in [-0.2, 0) is 16.4 Å². The highest BCUT2D eigenvalue weighted by molar-refractivity contribution is 14.0. The van der Waals surface area contributed by atoms with Crippen molar-refractivity contribution in [1.82, 2.24) is 20.4 Å². The summed E-state index contributed by atoms with van der Waals surface area (Å²) in [7, 11) is -1.02. The lowest BCUT2D eigenvalue weighted by atomic mass is 10.2. The fourth-order valence-corrected chi connectivity index (χ4v) is 5.21. The number of likely N-dealkylation sites (tertiary alicyclic amines) is 1. The van der Waals surface area contributed by atoms with Crippen LogP contribution in [0.25, 0.3) is 0 Å². The first-order valence-corrected chi connectivity index (χ1v) is 12.0. The highest BCUT2D eigenvalue weighted by atomic mass is 127. The van der Waals surface area contributed by atoms with Gasteiger partial charge in [-0.3, -0.25) is 14.8 Å². The predicted molar refractivity (Wildman–Crippen MR) is 130 cm³/mol. The molecule has 7 nitrogen and oxygen atoms in total. The molecule has 0 saturated carbocycles. The lowest BCUT2D eigenvalue weighted by molar-refractivity contribution is 0.258. The van der Waals surface area contributed by atoms with Gasteiger partial charge in [-0.25, -0.2) is 8.42 Å². The third-order valence-electron chi connectivity index (χ3n) is 5.65. The number of hydrogen-bond acceptors (Lipinski definition) is 5. The number of rotatable bonds is 6. The van der Waals surface area contributed by atoms with Crippen LogP contribution in [-0.4, -0.2) is 87.5 Å². The van der Waals surface area contributed by atoms with Crippen molar-refractivity contribution < 1.29 is 8.42 Å². The Labute approximate surface area is 192 Å². The first-order valence-electron chi connectivity index (χ1n) is 10.1. The SMILES string of the molecule is CN=C(NCCN1CCS(=O)(=O)CC1)NC1CC(C)N(Cc2ccccc2)C1.I. The van der Waals surface area contributed by atoms with Gasteiger partial charge in [-0.15, -0.1) is 24.0 Å². The Morgan fingerprint density at radius 2 is 1.90 bits per heavy atom. The average molecular weight is 535 g/mol. The van der Waals surface area contributed by atoms with Gasteiger partial charge in [0.05, 0.1) is 11.5 Å². The van der Waals surface area contributed by atoms with E-state index in [1.54, 1.807) is 7.05 Å². The quantitative estimate of drug-likeness (QED) is 0.324. The third-order valence-corrected chi connectivity index (χ3v) is 7.26. The van der Waals surface area contributed by atoms with Crippen LogP contribution < -0.4 is 10.6 Å². The molecule has 1 aromatic carbocycles. The highest BCUT2D eigenvalue weighted by Crippen LogP contribution is 2.20. The highest BCUT2D eigenvalue weighted by Gasteiger charge is 2.29. The number of guanidine groups is 1. The Hall–Kier alpha value is -0.910. The van der Waals surface area contributed by atoms with Crippen molar-refractivity contribution in [3.8, 4) is 0 Å². The Morgan fingerprint density at radius 3 is 2.55 bits per heavy atom. The molecule has 2 aliphatic rings. The lowest BCUT2D eigenvalue weighted by Crippen LogP contribution is -2.48. The van der Waals surface area contributed by atoms with E-state index in [4.69, 9.17) is 0 Å². The molecular weight excluding hydrogens is 501 g/mol. The summed E-state index contributed by atoms with van der Waals surface area (Å²) < 4.78 is 23.0. The first kappa shape index (κ1) is 24.4. The maximum Gasteiger partial charge on any atom is 0.191 e. The molecule has 29 heavy (non-hydrogen) atoms. The van der Waals surface area contributed by atoms with Gasteiger partial charge in [0.15, 0.2) is 15.8 Å². The Bertz CT molecular complexity index is 745. The fourth-order valence-electron chi connectivity index (χ4n) is 3.94. The second-order valence-electron chi connectivity index (χ2n) is 7.83. The fraction of sp³-hybridized carbons (Fsp3) is 0.650. The summed E-state index contributed by atoms with van der Waals surface area (Å²) in [5, 5.41) is 6.92. The number of nitrogens with zero attached hydrogens (tertiary/aromatic N) is 3. The number of benzene rings is 1. The van der Waals surface area contributed by atoms with Crippen molar-refractivity contribution in [2.24, 2.45) is 4.99 Å². The van der Waals surface area contributed by atoms with Gasteiger partial charge in [0.2, 0.25) is 0 Å². The maximum atomic E-state index is 11.5. The summed E-state index contributed by atoms with van der Waals surface area (Å²) in [5.74, 6) is 1.37. The van der Waals surface area contributed by atoms with Crippen molar-refractivity contribution in [1.29, 1.82) is 0 Å². The minimum absolute atomic E-state index is 0. The molecule has 2 N–H and O–H groups in total. The zero-order valence-electron chi connectivity index (χ0n) is 17.4. The van der Waals surface area contributed by atoms with E-state index in [2.05, 4.69) is 62.7 Å². The van der Waals surface area contributed by atoms with Crippen LogP contribution in [0.1, 0.15) is 18.9 Å². The second-order valence-corrected chi connectivity index (χ2v) is 10.1. The predicted octanol–water partition coefficient (Wildman–Crippen LogP) is 1.16. The molecule has 2 aliphatic heterocycles. The minimum atomic E-state index is -2.81. The largest absolute Gasteiger partial charge is 0.355 e. The van der Waals surface area contributed by atoms with Gasteiger partial charge in [-0.2, -0.15) is 0 Å². The average Bonchev–Trinajstić information content (AvgIpc) is 3.02. The van der Waals surface area contributed by atoms with Crippen LogP contribution in [0.5, 0.6) is 0 Å². The Balaban J connectivity index is 0.00000300. The number of aliphatic imine (C=N–C) groups is 1. The third kappa shape index (κ3) is 7.69. The molecule has 9 heteroatoms. The Morgan fingerprint density at radius 1 is 1.21 bits per heavy atom. The molecular formula is C20H34IN5O2S. The molecule has 2 saturated heterocycles. The van der Waals surface area contributed by atoms with Gasteiger partial charge < -0.3 is 10.6 Å². The molecule has 0 bridgehead atoms. The molecule has 0 aliphatic carbocycles. The number of nitrogens with one attached hydrogen (secondary N) is 2. The summed E-state index contributed by atoms with van der Waals surface area (Å²) >= 11 is 0. The van der Waals surface area contributed by atoms with E-state index in [1.165, 1.54) is 5.56 Å². The van der Waals surface area contributed by atoms with E-state index in [0.717, 1.165) is 38.6 Å². The zero-order chi connectivity index (χ0) is 20.0. The number of sulfone groups is 1. The molecule has 2 unspecified atom stereocenters. The summed E-state index contributed by atoms with van der Waals surface area (Å²) in [6, 6.07) is 11.5. The van der Waals surface area contributed by atoms with Crippen LogP contribution in [0.4, 0.5) is 0 Å². The van der Waals surface area contributed by atoms with Crippen molar-refractivity contribution in [3.05, 3.63) is 35.9 Å². The maximum absolute atomic E-state index is 11.5. The first-order chi connectivity index (χ1) is 13.4. The molecule has 3 rings (SSSR count). The van der Waals surface area contributed by atoms with Crippen LogP contribution in [0.3, 0.4) is 0 Å². The van der Waals surface area contributed by atoms with Gasteiger partial charge in [0.25, 0.3) is 0 Å². The number of halogens is 1. The Kier molecular flexibility index (Phi) is 9.64. The summed E-state index contributed by atoms with van der Waals surface area (Å²) in [5.41, 5.74) is 1.35. The summed E-state index contributed by atoms with van der Waals surface area (Å²) in [4.78, 5) is 9.06. The van der Waals surface area contributed by atoms with Gasteiger partial charge in [-0.1, -0.05) is 30.3 Å². The van der Waals surface area contributed by atoms with Crippen LogP contribution in [0.2, 0.25) is 0 Å². The van der Waals surface area contributed by atoms with E-state index < -0.39 is 9.84 Å². The van der Waals surface area contributed by atoms with Crippen molar-refractivity contribution in [3.63, 3.8) is 0 Å². The normalized spacial score (nSPS) is 25.4. The molecule has 2 atom stereocenters. The molecule has 1 aromatic rings. The molecule has 0 amide bonds. The van der Waals surface area contributed by atoms with Gasteiger partial charge in [0, 0.05) is 58.4 Å². The molecule has 2 heterocycles. The lowest BCUT2D eigenvalue weighted by Gasteiger charge is -2.27. The van der Waals surface area contributed by atoms with E-state index in [1.807, 2.05) is 0 Å². The molecule has 0 aromatic heterocycles. The molecule has 0 spiro atoms. The standard InChI is InChI=1S/C20H33N5O2S.HI/c1-17-14-19(16-25(17)15-18-6-4-3-5-7-18)23-20(21-2)22-8-9-24-10-12-28(26,27)13-11-24;/h3-7,17,19H,8-16H2,1-2H3,(H2,21,22,23);1H. The topological polar surface area (TPSA) is 77.0 Å². The van der Waals surface area contributed by atoms with Crippen molar-refractivity contribution in [2.45, 2.75) is 32.0 Å². The van der Waals surface area contributed by atoms with E-state index in [0.29, 0.717) is 25.2 Å².